The molecule has 0 amide bonds. The first-order valence-electron chi connectivity index (χ1n) is 5.60. The highest BCUT2D eigenvalue weighted by Gasteiger charge is 2.20. The number of hydrazine groups is 1. The lowest BCUT2D eigenvalue weighted by Gasteiger charge is -2.11. The largest absolute Gasteiger partial charge is 0.379 e. The molecule has 0 saturated carbocycles. The summed E-state index contributed by atoms with van der Waals surface area (Å²) in [6.07, 6.45) is 0. The fourth-order valence-corrected chi connectivity index (χ4v) is 2.70. The molecule has 0 atom stereocenters. The Morgan fingerprint density at radius 1 is 1.11 bits per heavy atom. The number of rotatable bonds is 4. The van der Waals surface area contributed by atoms with E-state index in [9.17, 15) is 8.42 Å². The molecule has 2 aromatic rings. The van der Waals surface area contributed by atoms with Crippen molar-refractivity contribution >= 4 is 15.8 Å². The second-order valence-corrected chi connectivity index (χ2v) is 5.51. The van der Waals surface area contributed by atoms with Crippen molar-refractivity contribution < 1.29 is 12.6 Å². The first kappa shape index (κ1) is 13.4. The second-order valence-electron chi connectivity index (χ2n) is 3.99. The molecule has 6 heteroatoms. The summed E-state index contributed by atoms with van der Waals surface area (Å²) in [6.45, 7) is 1.84. The number of hydrogen-bond acceptors (Lipinski definition) is 5. The van der Waals surface area contributed by atoms with Gasteiger partial charge in [0.15, 0.2) is 0 Å². The zero-order chi connectivity index (χ0) is 13.9. The summed E-state index contributed by atoms with van der Waals surface area (Å²) in [5, 5.41) is 0. The van der Waals surface area contributed by atoms with E-state index >= 15 is 0 Å². The minimum Gasteiger partial charge on any atom is -0.379 e. The van der Waals surface area contributed by atoms with Crippen LogP contribution in [0.2, 0.25) is 0 Å². The van der Waals surface area contributed by atoms with Gasteiger partial charge in [0.1, 0.15) is 10.6 Å². The number of nitrogens with two attached hydrogens (primary N) is 1. The van der Waals surface area contributed by atoms with Crippen molar-refractivity contribution in [2.75, 3.05) is 5.43 Å². The van der Waals surface area contributed by atoms with E-state index in [4.69, 9.17) is 10.0 Å². The Labute approximate surface area is 112 Å². The first-order valence-corrected chi connectivity index (χ1v) is 7.00. The van der Waals surface area contributed by atoms with Crippen LogP contribution in [0.15, 0.2) is 53.4 Å². The van der Waals surface area contributed by atoms with Crippen molar-refractivity contribution in [2.45, 2.75) is 11.8 Å². The van der Waals surface area contributed by atoms with Gasteiger partial charge in [-0.05, 0) is 36.8 Å². The molecule has 5 nitrogen and oxygen atoms in total. The van der Waals surface area contributed by atoms with E-state index in [0.29, 0.717) is 5.69 Å². The predicted octanol–water partition coefficient (Wildman–Crippen LogP) is 2.05. The van der Waals surface area contributed by atoms with Crippen molar-refractivity contribution in [2.24, 2.45) is 5.84 Å². The maximum atomic E-state index is 12.2. The van der Waals surface area contributed by atoms with E-state index < -0.39 is 10.1 Å². The summed E-state index contributed by atoms with van der Waals surface area (Å²) in [6, 6.07) is 13.1. The van der Waals surface area contributed by atoms with E-state index in [1.54, 1.807) is 42.5 Å². The van der Waals surface area contributed by atoms with Crippen molar-refractivity contribution in [1.29, 1.82) is 0 Å². The molecule has 0 spiro atoms. The third-order valence-electron chi connectivity index (χ3n) is 2.51. The van der Waals surface area contributed by atoms with E-state index in [1.165, 1.54) is 6.07 Å². The fraction of sp³-hybridized carbons (Fsp3) is 0.0769. The van der Waals surface area contributed by atoms with Crippen LogP contribution in [0.25, 0.3) is 0 Å². The molecule has 3 N–H and O–H groups in total. The second kappa shape index (κ2) is 5.29. The van der Waals surface area contributed by atoms with Gasteiger partial charge in [0, 0.05) is 0 Å². The van der Waals surface area contributed by atoms with Crippen molar-refractivity contribution in [3.63, 3.8) is 0 Å². The van der Waals surface area contributed by atoms with Gasteiger partial charge >= 0.3 is 10.1 Å². The molecule has 0 saturated heterocycles. The van der Waals surface area contributed by atoms with Gasteiger partial charge in [0.25, 0.3) is 0 Å². The van der Waals surface area contributed by atoms with Crippen LogP contribution in [-0.4, -0.2) is 8.42 Å². The number of benzene rings is 2. The molecule has 19 heavy (non-hydrogen) atoms. The molecule has 0 heterocycles. The highest BCUT2D eigenvalue weighted by molar-refractivity contribution is 7.87. The maximum Gasteiger partial charge on any atom is 0.341 e. The monoisotopic (exact) mass is 278 g/mol. The number of para-hydroxylation sites is 1. The van der Waals surface area contributed by atoms with E-state index in [-0.39, 0.29) is 10.6 Å². The van der Waals surface area contributed by atoms with Crippen LogP contribution in [0.3, 0.4) is 0 Å². The number of nitrogen functional groups attached to an aromatic ring is 1. The number of nitrogens with one attached hydrogen (secondary N) is 1. The third-order valence-corrected chi connectivity index (χ3v) is 3.82. The van der Waals surface area contributed by atoms with Gasteiger partial charge < -0.3 is 9.61 Å². The van der Waals surface area contributed by atoms with E-state index in [0.717, 1.165) is 5.56 Å². The molecule has 0 fully saturated rings. The zero-order valence-corrected chi connectivity index (χ0v) is 11.1. The minimum absolute atomic E-state index is 0.00412. The number of anilines is 1. The summed E-state index contributed by atoms with van der Waals surface area (Å²) in [4.78, 5) is 0.00412. The van der Waals surface area contributed by atoms with Crippen LogP contribution in [0.1, 0.15) is 5.56 Å². The summed E-state index contributed by atoms with van der Waals surface area (Å²) >= 11 is 0. The Bertz CT molecular complexity index is 670. The lowest BCUT2D eigenvalue weighted by molar-refractivity contribution is 0.486. The highest BCUT2D eigenvalue weighted by atomic mass is 32.2. The standard InChI is InChI=1S/C13H14N2O3S/c1-10-7-8-13(12(9-10)15-14)19(16,17)18-11-5-3-2-4-6-11/h2-9,15H,14H2,1H3. The summed E-state index contributed by atoms with van der Waals surface area (Å²) in [5.41, 5.74) is 3.57. The average Bonchev–Trinajstić information content (AvgIpc) is 2.38. The average molecular weight is 278 g/mol. The molecule has 0 aliphatic rings. The molecular formula is C13H14N2O3S. The quantitative estimate of drug-likeness (QED) is 0.508. The Kier molecular flexibility index (Phi) is 3.73. The summed E-state index contributed by atoms with van der Waals surface area (Å²) < 4.78 is 29.4. The lowest BCUT2D eigenvalue weighted by atomic mass is 10.2. The zero-order valence-electron chi connectivity index (χ0n) is 10.3. The highest BCUT2D eigenvalue weighted by Crippen LogP contribution is 2.25. The van der Waals surface area contributed by atoms with Crippen LogP contribution < -0.4 is 15.5 Å². The predicted molar refractivity (Wildman–Crippen MR) is 73.2 cm³/mol. The van der Waals surface area contributed by atoms with Gasteiger partial charge in [-0.15, -0.1) is 0 Å². The van der Waals surface area contributed by atoms with Crippen LogP contribution in [0.4, 0.5) is 5.69 Å². The smallest absolute Gasteiger partial charge is 0.341 e. The molecule has 0 aromatic heterocycles. The minimum atomic E-state index is -3.92. The molecule has 0 aliphatic carbocycles. The van der Waals surface area contributed by atoms with Crippen molar-refractivity contribution in [1.82, 2.24) is 0 Å². The Hall–Kier alpha value is -2.05. The Morgan fingerprint density at radius 3 is 2.42 bits per heavy atom. The normalized spacial score (nSPS) is 11.1. The molecule has 2 aromatic carbocycles. The summed E-state index contributed by atoms with van der Waals surface area (Å²) in [7, 11) is -3.92. The number of aryl methyl sites for hydroxylation is 1. The first-order chi connectivity index (χ1) is 9.03. The van der Waals surface area contributed by atoms with Gasteiger partial charge in [0.2, 0.25) is 0 Å². The molecule has 100 valence electrons. The van der Waals surface area contributed by atoms with Gasteiger partial charge in [-0.1, -0.05) is 24.3 Å². The Morgan fingerprint density at radius 2 is 1.79 bits per heavy atom. The molecular weight excluding hydrogens is 264 g/mol. The van der Waals surface area contributed by atoms with Crippen LogP contribution >= 0.6 is 0 Å². The van der Waals surface area contributed by atoms with Crippen LogP contribution in [0, 0.1) is 6.92 Å². The molecule has 0 aliphatic heterocycles. The van der Waals surface area contributed by atoms with E-state index in [2.05, 4.69) is 5.43 Å². The molecule has 0 unspecified atom stereocenters. The molecule has 0 radical (unpaired) electrons. The van der Waals surface area contributed by atoms with Crippen molar-refractivity contribution in [3.8, 4) is 5.75 Å². The molecule has 2 rings (SSSR count). The van der Waals surface area contributed by atoms with Gasteiger partial charge in [-0.25, -0.2) is 0 Å². The third kappa shape index (κ3) is 3.04. The van der Waals surface area contributed by atoms with Crippen LogP contribution in [-0.2, 0) is 10.1 Å². The molecule has 0 bridgehead atoms. The topological polar surface area (TPSA) is 81.4 Å². The van der Waals surface area contributed by atoms with Crippen LogP contribution in [0.5, 0.6) is 5.75 Å². The fourth-order valence-electron chi connectivity index (χ4n) is 1.62. The summed E-state index contributed by atoms with van der Waals surface area (Å²) in [5.74, 6) is 5.60. The van der Waals surface area contributed by atoms with E-state index in [1.807, 2.05) is 6.92 Å². The van der Waals surface area contributed by atoms with Gasteiger partial charge in [-0.2, -0.15) is 8.42 Å². The lowest BCUT2D eigenvalue weighted by Crippen LogP contribution is -2.16. The SMILES string of the molecule is Cc1ccc(S(=O)(=O)Oc2ccccc2)c(NN)c1. The van der Waals surface area contributed by atoms with Gasteiger partial charge in [-0.3, -0.25) is 5.84 Å². The number of hydrogen-bond donors (Lipinski definition) is 2. The Balaban J connectivity index is 2.40. The van der Waals surface area contributed by atoms with Gasteiger partial charge in [0.05, 0.1) is 5.69 Å². The van der Waals surface area contributed by atoms with Crippen molar-refractivity contribution in [3.05, 3.63) is 54.1 Å². The maximum absolute atomic E-state index is 12.2.